The Morgan fingerprint density at radius 2 is 2.11 bits per heavy atom. The number of hydrogen-bond acceptors (Lipinski definition) is 3. The van der Waals surface area contributed by atoms with E-state index in [-0.39, 0.29) is 11.3 Å². The molecule has 1 aromatic heterocycles. The topological polar surface area (TPSA) is 62.2 Å². The molecular formula is C13H10BrFN2O2. The Balaban J connectivity index is 2.35. The van der Waals surface area contributed by atoms with Gasteiger partial charge in [-0.25, -0.2) is 14.2 Å². The van der Waals surface area contributed by atoms with E-state index in [1.807, 2.05) is 0 Å². The standard InChI is InChI=1S/C13H10BrFN2O2/c1-7-4-8(13(18)19)5-12(16-7)17-11-3-2-9(14)6-10(11)15/h2-6H,1H3,(H,16,17)(H,18,19). The van der Waals surface area contributed by atoms with Gasteiger partial charge in [0.2, 0.25) is 0 Å². The monoisotopic (exact) mass is 324 g/mol. The molecule has 0 aliphatic carbocycles. The first-order valence-corrected chi connectivity index (χ1v) is 6.19. The van der Waals surface area contributed by atoms with Crippen LogP contribution in [0.25, 0.3) is 0 Å². The van der Waals surface area contributed by atoms with Gasteiger partial charge in [-0.3, -0.25) is 0 Å². The summed E-state index contributed by atoms with van der Waals surface area (Å²) in [5, 5.41) is 11.7. The summed E-state index contributed by atoms with van der Waals surface area (Å²) in [6.07, 6.45) is 0. The Morgan fingerprint density at radius 3 is 2.74 bits per heavy atom. The Kier molecular flexibility index (Phi) is 3.80. The number of nitrogens with zero attached hydrogens (tertiary/aromatic N) is 1. The number of carboxylic acid groups (broad SMARTS) is 1. The van der Waals surface area contributed by atoms with Gasteiger partial charge in [0.15, 0.2) is 0 Å². The molecule has 1 heterocycles. The molecule has 2 N–H and O–H groups in total. The number of aryl methyl sites for hydroxylation is 1. The molecule has 0 radical (unpaired) electrons. The number of aromatic nitrogens is 1. The van der Waals surface area contributed by atoms with Crippen LogP contribution in [-0.4, -0.2) is 16.1 Å². The van der Waals surface area contributed by atoms with Crippen LogP contribution in [0.4, 0.5) is 15.9 Å². The van der Waals surface area contributed by atoms with Crippen molar-refractivity contribution in [2.75, 3.05) is 5.32 Å². The summed E-state index contributed by atoms with van der Waals surface area (Å²) in [6, 6.07) is 7.35. The van der Waals surface area contributed by atoms with E-state index in [0.717, 1.165) is 0 Å². The molecule has 0 aliphatic rings. The molecule has 0 unspecified atom stereocenters. The van der Waals surface area contributed by atoms with Crippen LogP contribution < -0.4 is 5.32 Å². The molecule has 6 heteroatoms. The lowest BCUT2D eigenvalue weighted by Gasteiger charge is -2.08. The number of aromatic carboxylic acids is 1. The number of benzene rings is 1. The van der Waals surface area contributed by atoms with Crippen LogP contribution in [0.15, 0.2) is 34.8 Å². The van der Waals surface area contributed by atoms with Crippen molar-refractivity contribution in [3.63, 3.8) is 0 Å². The third-order valence-corrected chi connectivity index (χ3v) is 2.89. The Bertz CT molecular complexity index is 647. The van der Waals surface area contributed by atoms with Gasteiger partial charge in [-0.2, -0.15) is 0 Å². The van der Waals surface area contributed by atoms with Crippen molar-refractivity contribution in [3.8, 4) is 0 Å². The van der Waals surface area contributed by atoms with Crippen molar-refractivity contribution in [1.82, 2.24) is 4.98 Å². The lowest BCUT2D eigenvalue weighted by molar-refractivity contribution is 0.0696. The van der Waals surface area contributed by atoms with E-state index < -0.39 is 11.8 Å². The summed E-state index contributed by atoms with van der Waals surface area (Å²) in [4.78, 5) is 15.1. The summed E-state index contributed by atoms with van der Waals surface area (Å²) in [6.45, 7) is 1.68. The fourth-order valence-electron chi connectivity index (χ4n) is 1.58. The smallest absolute Gasteiger partial charge is 0.335 e. The predicted molar refractivity (Wildman–Crippen MR) is 73.3 cm³/mol. The second-order valence-corrected chi connectivity index (χ2v) is 4.85. The van der Waals surface area contributed by atoms with E-state index in [2.05, 4.69) is 26.2 Å². The number of carbonyl (C=O) groups is 1. The van der Waals surface area contributed by atoms with Gasteiger partial charge >= 0.3 is 5.97 Å². The number of halogens is 2. The first-order valence-electron chi connectivity index (χ1n) is 5.40. The molecule has 98 valence electrons. The fourth-order valence-corrected chi connectivity index (χ4v) is 1.92. The average Bonchev–Trinajstić information content (AvgIpc) is 2.32. The number of pyridine rings is 1. The van der Waals surface area contributed by atoms with Crippen LogP contribution in [0, 0.1) is 12.7 Å². The lowest BCUT2D eigenvalue weighted by Crippen LogP contribution is -2.02. The number of carboxylic acids is 1. The normalized spacial score (nSPS) is 10.3. The van der Waals surface area contributed by atoms with Gasteiger partial charge in [0.1, 0.15) is 11.6 Å². The molecule has 2 aromatic rings. The molecule has 0 aliphatic heterocycles. The molecule has 0 fully saturated rings. The van der Waals surface area contributed by atoms with Crippen LogP contribution in [0.2, 0.25) is 0 Å². The summed E-state index contributed by atoms with van der Waals surface area (Å²) < 4.78 is 14.3. The molecule has 0 spiro atoms. The van der Waals surface area contributed by atoms with Crippen molar-refractivity contribution in [1.29, 1.82) is 0 Å². The maximum atomic E-state index is 13.7. The number of nitrogens with one attached hydrogen (secondary N) is 1. The summed E-state index contributed by atoms with van der Waals surface area (Å²) >= 11 is 3.16. The first kappa shape index (κ1) is 13.5. The van der Waals surface area contributed by atoms with Gasteiger partial charge in [0, 0.05) is 10.2 Å². The van der Waals surface area contributed by atoms with Crippen molar-refractivity contribution >= 4 is 33.4 Å². The zero-order valence-electron chi connectivity index (χ0n) is 9.95. The van der Waals surface area contributed by atoms with Gasteiger partial charge in [0.25, 0.3) is 0 Å². The largest absolute Gasteiger partial charge is 0.478 e. The SMILES string of the molecule is Cc1cc(C(=O)O)cc(Nc2ccc(Br)cc2F)n1. The second-order valence-electron chi connectivity index (χ2n) is 3.94. The van der Waals surface area contributed by atoms with Crippen LogP contribution in [0.3, 0.4) is 0 Å². The van der Waals surface area contributed by atoms with E-state index in [9.17, 15) is 9.18 Å². The second kappa shape index (κ2) is 5.36. The van der Waals surface area contributed by atoms with Gasteiger partial charge in [-0.15, -0.1) is 0 Å². The van der Waals surface area contributed by atoms with Crippen LogP contribution >= 0.6 is 15.9 Å². The third-order valence-electron chi connectivity index (χ3n) is 2.39. The molecule has 0 saturated heterocycles. The fraction of sp³-hybridized carbons (Fsp3) is 0.0769. The minimum Gasteiger partial charge on any atom is -0.478 e. The Morgan fingerprint density at radius 1 is 1.37 bits per heavy atom. The van der Waals surface area contributed by atoms with E-state index in [1.165, 1.54) is 18.2 Å². The summed E-state index contributed by atoms with van der Waals surface area (Å²) in [5.41, 5.74) is 0.880. The lowest BCUT2D eigenvalue weighted by atomic mass is 10.2. The highest BCUT2D eigenvalue weighted by Crippen LogP contribution is 2.23. The molecule has 0 amide bonds. The van der Waals surface area contributed by atoms with Gasteiger partial charge in [0.05, 0.1) is 11.3 Å². The minimum absolute atomic E-state index is 0.104. The maximum Gasteiger partial charge on any atom is 0.335 e. The molecule has 0 saturated carbocycles. The highest BCUT2D eigenvalue weighted by atomic mass is 79.9. The summed E-state index contributed by atoms with van der Waals surface area (Å²) in [7, 11) is 0. The molecule has 0 bridgehead atoms. The molecule has 1 aromatic carbocycles. The number of rotatable bonds is 3. The first-order chi connectivity index (χ1) is 8.95. The molecule has 19 heavy (non-hydrogen) atoms. The molecule has 4 nitrogen and oxygen atoms in total. The van der Waals surface area contributed by atoms with Gasteiger partial charge in [-0.05, 0) is 37.3 Å². The Labute approximate surface area is 117 Å². The van der Waals surface area contributed by atoms with Crippen molar-refractivity contribution in [3.05, 3.63) is 51.9 Å². The van der Waals surface area contributed by atoms with Gasteiger partial charge in [-0.1, -0.05) is 15.9 Å². The van der Waals surface area contributed by atoms with Crippen molar-refractivity contribution in [2.24, 2.45) is 0 Å². The zero-order chi connectivity index (χ0) is 14.0. The molecular weight excluding hydrogens is 315 g/mol. The van der Waals surface area contributed by atoms with Crippen molar-refractivity contribution in [2.45, 2.75) is 6.92 Å². The molecule has 0 atom stereocenters. The zero-order valence-corrected chi connectivity index (χ0v) is 11.5. The van der Waals surface area contributed by atoms with E-state index in [4.69, 9.17) is 5.11 Å². The summed E-state index contributed by atoms with van der Waals surface area (Å²) in [5.74, 6) is -1.21. The third kappa shape index (κ3) is 3.29. The van der Waals surface area contributed by atoms with Crippen LogP contribution in [0.1, 0.15) is 16.1 Å². The quantitative estimate of drug-likeness (QED) is 0.902. The van der Waals surface area contributed by atoms with E-state index in [1.54, 1.807) is 19.1 Å². The maximum absolute atomic E-state index is 13.7. The number of anilines is 2. The van der Waals surface area contributed by atoms with E-state index >= 15 is 0 Å². The van der Waals surface area contributed by atoms with Crippen molar-refractivity contribution < 1.29 is 14.3 Å². The number of hydrogen-bond donors (Lipinski definition) is 2. The van der Waals surface area contributed by atoms with Gasteiger partial charge < -0.3 is 10.4 Å². The predicted octanol–water partition coefficient (Wildman–Crippen LogP) is 3.73. The average molecular weight is 325 g/mol. The highest BCUT2D eigenvalue weighted by molar-refractivity contribution is 9.10. The van der Waals surface area contributed by atoms with E-state index in [0.29, 0.717) is 16.0 Å². The Hall–Kier alpha value is -1.95. The molecule has 2 rings (SSSR count). The highest BCUT2D eigenvalue weighted by Gasteiger charge is 2.09. The van der Waals surface area contributed by atoms with Crippen LogP contribution in [0.5, 0.6) is 0 Å². The van der Waals surface area contributed by atoms with Crippen LogP contribution in [-0.2, 0) is 0 Å². The minimum atomic E-state index is -1.05.